The predicted molar refractivity (Wildman–Crippen MR) is 329 cm³/mol. The van der Waals surface area contributed by atoms with Crippen molar-refractivity contribution in [1.82, 2.24) is 25.3 Å². The molecule has 5 aliphatic rings. The number of imide groups is 1. The van der Waals surface area contributed by atoms with Crippen molar-refractivity contribution in [2.45, 2.75) is 129 Å². The van der Waals surface area contributed by atoms with Gasteiger partial charge in [0.2, 0.25) is 17.7 Å². The van der Waals surface area contributed by atoms with E-state index < -0.39 is 60.0 Å². The minimum absolute atomic E-state index is 0.0577. The van der Waals surface area contributed by atoms with Crippen molar-refractivity contribution >= 4 is 76.4 Å². The Labute approximate surface area is 515 Å². The molecule has 0 radical (unpaired) electrons. The summed E-state index contributed by atoms with van der Waals surface area (Å²) >= 11 is 0. The molecular weight excluding hydrogens is 1150 g/mol. The van der Waals surface area contributed by atoms with Crippen LogP contribution >= 0.6 is 0 Å². The van der Waals surface area contributed by atoms with E-state index in [2.05, 4.69) is 20.9 Å². The lowest BCUT2D eigenvalue weighted by Gasteiger charge is -2.31. The third-order valence-electron chi connectivity index (χ3n) is 15.7. The first-order chi connectivity index (χ1) is 42.7. The maximum atomic E-state index is 14.2. The van der Waals surface area contributed by atoms with E-state index >= 15 is 0 Å². The van der Waals surface area contributed by atoms with E-state index in [0.717, 1.165) is 33.4 Å². The van der Waals surface area contributed by atoms with Gasteiger partial charge in [-0.2, -0.15) is 0 Å². The monoisotopic (exact) mass is 1220 g/mol. The summed E-state index contributed by atoms with van der Waals surface area (Å²) in [6.45, 7) is 9.31. The van der Waals surface area contributed by atoms with Gasteiger partial charge in [-0.1, -0.05) is 43.5 Å². The summed E-state index contributed by atoms with van der Waals surface area (Å²) < 4.78 is 35.0. The first kappa shape index (κ1) is 63.8. The molecule has 0 spiro atoms. The molecule has 0 aliphatic carbocycles. The summed E-state index contributed by atoms with van der Waals surface area (Å²) in [4.78, 5) is 117. The van der Waals surface area contributed by atoms with Crippen molar-refractivity contribution in [1.29, 1.82) is 0 Å². The number of nitrogen functional groups attached to an aromatic ring is 1. The quantitative estimate of drug-likeness (QED) is 0.0227. The van der Waals surface area contributed by atoms with E-state index in [1.807, 2.05) is 20.0 Å². The number of nitrogens with two attached hydrogens (primary N) is 1. The van der Waals surface area contributed by atoms with Gasteiger partial charge in [-0.05, 0) is 126 Å². The lowest BCUT2D eigenvalue weighted by molar-refractivity contribution is -0.138. The molecule has 8 amide bonds. The number of ether oxygens (including phenoxy) is 6. The van der Waals surface area contributed by atoms with Crippen molar-refractivity contribution in [3.05, 3.63) is 125 Å². The number of nitrogens with one attached hydrogen (secondary N) is 3. The van der Waals surface area contributed by atoms with Crippen LogP contribution in [0.3, 0.4) is 0 Å². The highest BCUT2D eigenvalue weighted by Gasteiger charge is 2.45. The number of hydrogen-bond donors (Lipinski definition) is 5. The number of benzene rings is 4. The van der Waals surface area contributed by atoms with E-state index in [4.69, 9.17) is 34.2 Å². The number of unbranched alkanes of at least 4 members (excludes halogenated alkanes) is 4. The Morgan fingerprint density at radius 1 is 0.719 bits per heavy atom. The standard InChI is InChI=1S/C65H75N9O15/c1-37(2)58(70-56(75)14-10-8-11-23-71-57(76)32-55(64(71)82)89-45-21-17-42(66)18-22-45)60(78)68-40(5)59(77)69-43-19-15-41(16-20-43)36-88-65(83)74-49-31-54(52(85-7)29-47(49)62(80)73-35-39(4)27-50(73)63(74)81)87-25-13-9-12-24-86-53-30-48-46(28-51(53)84-6)61(79)72-34-38(3)26-44(72)33-67-48/h15-22,28-35,37,40,44,50,58,63,81H,8-14,23-27,36,66H2,1-7H3,(H,68,78)(H,69,77)(H,70,75)/t40?,44-,50?,58?,63?/m1/s1. The van der Waals surface area contributed by atoms with Crippen LogP contribution in [0.1, 0.15) is 119 Å². The van der Waals surface area contributed by atoms with Crippen LogP contribution in [-0.4, -0.2) is 138 Å². The SMILES string of the molecule is COc1cc2c(cc1OCCCCCOc1cc3c(cc1OC)C(=O)N1C=C(C)CC1C(O)N3C(=O)OCc1ccc(NC(=O)C(C)NC(=O)C(NC(=O)CCCCCN3C(=O)C=C(Oc4ccc(N)cc4)C3=O)C(C)C)cc1)N=C[C@H]1CC(C)=CN1C2=O. The zero-order valence-electron chi connectivity index (χ0n) is 50.9. The Morgan fingerprint density at radius 3 is 2.04 bits per heavy atom. The number of fused-ring (bicyclic) bond motifs is 4. The lowest BCUT2D eigenvalue weighted by Crippen LogP contribution is -2.53. The van der Waals surface area contributed by atoms with Crippen LogP contribution in [-0.2, 0) is 35.3 Å². The number of hydrogen-bond acceptors (Lipinski definition) is 17. The Morgan fingerprint density at radius 2 is 1.36 bits per heavy atom. The molecular formula is C65H75N9O15. The Balaban J connectivity index is 0.735. The number of nitrogens with zero attached hydrogens (tertiary/aromatic N) is 5. The predicted octanol–water partition coefficient (Wildman–Crippen LogP) is 7.82. The number of carbonyl (C=O) groups is 8. The molecule has 4 aromatic rings. The van der Waals surface area contributed by atoms with E-state index in [1.54, 1.807) is 91.8 Å². The van der Waals surface area contributed by atoms with Gasteiger partial charge in [0.15, 0.2) is 35.0 Å². The van der Waals surface area contributed by atoms with E-state index in [9.17, 15) is 43.5 Å². The molecule has 0 saturated heterocycles. The second-order valence-corrected chi connectivity index (χ2v) is 22.8. The van der Waals surface area contributed by atoms with Crippen LogP contribution in [0.25, 0.3) is 0 Å². The first-order valence-electron chi connectivity index (χ1n) is 29.7. The number of aliphatic hydroxyl groups is 1. The molecule has 0 bridgehead atoms. The van der Waals surface area contributed by atoms with Crippen molar-refractivity contribution < 1.29 is 71.9 Å². The first-order valence-corrected chi connectivity index (χ1v) is 29.7. The van der Waals surface area contributed by atoms with Gasteiger partial charge in [-0.25, -0.2) is 9.69 Å². The van der Waals surface area contributed by atoms with Crippen molar-refractivity contribution in [3.63, 3.8) is 0 Å². The zero-order valence-corrected chi connectivity index (χ0v) is 50.9. The molecule has 5 heterocycles. The summed E-state index contributed by atoms with van der Waals surface area (Å²) in [5, 5.41) is 20.2. The maximum Gasteiger partial charge on any atom is 0.416 e. The Hall–Kier alpha value is -9.71. The van der Waals surface area contributed by atoms with Crippen LogP contribution in [0.15, 0.2) is 113 Å². The molecule has 24 heteroatoms. The highest BCUT2D eigenvalue weighted by molar-refractivity contribution is 6.15. The van der Waals surface area contributed by atoms with Crippen molar-refractivity contribution in [2.24, 2.45) is 10.9 Å². The number of rotatable bonds is 26. The molecule has 5 aliphatic heterocycles. The summed E-state index contributed by atoms with van der Waals surface area (Å²) in [5.41, 5.74) is 10.1. The molecule has 4 aromatic carbocycles. The molecule has 0 aromatic heterocycles. The second kappa shape index (κ2) is 28.4. The van der Waals surface area contributed by atoms with Gasteiger partial charge < -0.3 is 65.0 Å². The zero-order chi connectivity index (χ0) is 63.6. The summed E-state index contributed by atoms with van der Waals surface area (Å²) in [7, 11) is 2.96. The molecule has 9 rings (SSSR count). The van der Waals surface area contributed by atoms with Crippen LogP contribution in [0.2, 0.25) is 0 Å². The van der Waals surface area contributed by atoms with E-state index in [0.29, 0.717) is 97.0 Å². The molecule has 89 heavy (non-hydrogen) atoms. The Kier molecular flexibility index (Phi) is 20.4. The smallest absolute Gasteiger partial charge is 0.416 e. The normalized spacial score (nSPS) is 18.1. The number of methoxy groups -OCH3 is 2. The van der Waals surface area contributed by atoms with Crippen LogP contribution in [0, 0.1) is 5.92 Å². The van der Waals surface area contributed by atoms with Crippen LogP contribution < -0.4 is 50.3 Å². The number of carbonyl (C=O) groups excluding carboxylic acids is 8. The third kappa shape index (κ3) is 15.0. The van der Waals surface area contributed by atoms with Gasteiger partial charge in [0.05, 0.1) is 68.1 Å². The summed E-state index contributed by atoms with van der Waals surface area (Å²) in [6, 6.07) is 16.3. The average molecular weight is 1220 g/mol. The molecule has 0 fully saturated rings. The fourth-order valence-electron chi connectivity index (χ4n) is 10.9. The minimum atomic E-state index is -1.53. The Bertz CT molecular complexity index is 3510. The van der Waals surface area contributed by atoms with E-state index in [1.165, 1.54) is 38.2 Å². The fourth-order valence-corrected chi connectivity index (χ4v) is 10.9. The highest BCUT2D eigenvalue weighted by atomic mass is 16.6. The van der Waals surface area contributed by atoms with Crippen LogP contribution in [0.5, 0.6) is 28.7 Å². The van der Waals surface area contributed by atoms with E-state index in [-0.39, 0.29) is 78.5 Å². The second-order valence-electron chi connectivity index (χ2n) is 22.8. The topological polar surface area (TPSA) is 300 Å². The van der Waals surface area contributed by atoms with Gasteiger partial charge in [-0.15, -0.1) is 0 Å². The number of aliphatic imine (C=N–C) groups is 1. The van der Waals surface area contributed by atoms with Gasteiger partial charge in [0, 0.05) is 55.1 Å². The fraction of sp³-hybridized carbons (Fsp3) is 0.400. The summed E-state index contributed by atoms with van der Waals surface area (Å²) in [5.74, 6) is -1.81. The van der Waals surface area contributed by atoms with Crippen LogP contribution in [0.4, 0.5) is 27.5 Å². The van der Waals surface area contributed by atoms with Gasteiger partial charge in [0.25, 0.3) is 23.6 Å². The highest BCUT2D eigenvalue weighted by Crippen LogP contribution is 2.43. The van der Waals surface area contributed by atoms with Crippen molar-refractivity contribution in [2.75, 3.05) is 49.9 Å². The summed E-state index contributed by atoms with van der Waals surface area (Å²) in [6.07, 6.45) is 8.40. The minimum Gasteiger partial charge on any atom is -0.493 e. The van der Waals surface area contributed by atoms with Gasteiger partial charge >= 0.3 is 6.09 Å². The average Bonchev–Trinajstić information content (AvgIpc) is 1.68. The van der Waals surface area contributed by atoms with Gasteiger partial charge in [-0.3, -0.25) is 43.5 Å². The molecule has 0 saturated carbocycles. The largest absolute Gasteiger partial charge is 0.493 e. The lowest BCUT2D eigenvalue weighted by atomic mass is 10.0. The molecule has 4 unspecified atom stereocenters. The van der Waals surface area contributed by atoms with Gasteiger partial charge in [0.1, 0.15) is 24.4 Å². The number of aliphatic hydroxyl groups excluding tert-OH is 1. The third-order valence-corrected chi connectivity index (χ3v) is 15.7. The maximum absolute atomic E-state index is 14.2. The molecule has 6 N–H and O–H groups in total. The number of amides is 8. The molecule has 24 nitrogen and oxygen atoms in total. The van der Waals surface area contributed by atoms with Crippen molar-refractivity contribution in [3.8, 4) is 28.7 Å². The number of anilines is 3. The molecule has 470 valence electrons. The molecule has 5 atom stereocenters.